The predicted molar refractivity (Wildman–Crippen MR) is 43.4 cm³/mol. The van der Waals surface area contributed by atoms with Crippen molar-refractivity contribution >= 4 is 5.97 Å². The second-order valence-corrected chi connectivity index (χ2v) is 3.51. The van der Waals surface area contributed by atoms with Crippen LogP contribution in [0.1, 0.15) is 33.6 Å². The highest BCUT2D eigenvalue weighted by Gasteiger charge is 2.51. The minimum Gasteiger partial charge on any atom is -0.481 e. The lowest BCUT2D eigenvalue weighted by molar-refractivity contribution is -0.141. The standard InChI is InChI=1S/C9H14O2/c1-6(2)7(3)9(4-5-9)8(10)11/h4-5H2,1-3H3,(H,10,11). The van der Waals surface area contributed by atoms with Crippen molar-refractivity contribution in [1.29, 1.82) is 0 Å². The van der Waals surface area contributed by atoms with Crippen molar-refractivity contribution in [2.45, 2.75) is 33.6 Å². The molecule has 0 atom stereocenters. The summed E-state index contributed by atoms with van der Waals surface area (Å²) in [6.45, 7) is 5.87. The molecule has 62 valence electrons. The summed E-state index contributed by atoms with van der Waals surface area (Å²) < 4.78 is 0. The Hall–Kier alpha value is -0.790. The molecule has 0 radical (unpaired) electrons. The summed E-state index contributed by atoms with van der Waals surface area (Å²) >= 11 is 0. The summed E-state index contributed by atoms with van der Waals surface area (Å²) in [5.41, 5.74) is 1.72. The first-order chi connectivity index (χ1) is 5.00. The maximum Gasteiger partial charge on any atom is 0.313 e. The summed E-state index contributed by atoms with van der Waals surface area (Å²) in [5.74, 6) is -0.656. The number of carbonyl (C=O) groups is 1. The molecule has 0 bridgehead atoms. The molecule has 1 fully saturated rings. The van der Waals surface area contributed by atoms with Crippen molar-refractivity contribution in [2.24, 2.45) is 5.41 Å². The molecule has 0 amide bonds. The van der Waals surface area contributed by atoms with Crippen LogP contribution in [0.3, 0.4) is 0 Å². The van der Waals surface area contributed by atoms with Crippen LogP contribution in [-0.4, -0.2) is 11.1 Å². The number of hydrogen-bond acceptors (Lipinski definition) is 1. The van der Waals surface area contributed by atoms with Crippen LogP contribution in [0, 0.1) is 5.41 Å². The number of rotatable bonds is 2. The number of aliphatic carboxylic acids is 1. The van der Waals surface area contributed by atoms with E-state index in [-0.39, 0.29) is 0 Å². The van der Waals surface area contributed by atoms with E-state index in [1.54, 1.807) is 0 Å². The van der Waals surface area contributed by atoms with Crippen molar-refractivity contribution in [1.82, 2.24) is 0 Å². The third-order valence-corrected chi connectivity index (χ3v) is 2.63. The molecule has 0 saturated heterocycles. The van der Waals surface area contributed by atoms with E-state index < -0.39 is 11.4 Å². The van der Waals surface area contributed by atoms with E-state index in [1.807, 2.05) is 20.8 Å². The van der Waals surface area contributed by atoms with Gasteiger partial charge in [0.1, 0.15) is 0 Å². The lowest BCUT2D eigenvalue weighted by Gasteiger charge is -2.11. The van der Waals surface area contributed by atoms with Gasteiger partial charge in [0.05, 0.1) is 5.41 Å². The van der Waals surface area contributed by atoms with Gasteiger partial charge < -0.3 is 5.11 Å². The van der Waals surface area contributed by atoms with Gasteiger partial charge in [-0.2, -0.15) is 0 Å². The fraction of sp³-hybridized carbons (Fsp3) is 0.667. The van der Waals surface area contributed by atoms with Gasteiger partial charge in [-0.1, -0.05) is 11.1 Å². The highest BCUT2D eigenvalue weighted by atomic mass is 16.4. The molecule has 1 N–H and O–H groups in total. The Morgan fingerprint density at radius 3 is 1.82 bits per heavy atom. The minimum atomic E-state index is -0.656. The highest BCUT2D eigenvalue weighted by molar-refractivity contribution is 5.82. The molecule has 0 spiro atoms. The Morgan fingerprint density at radius 1 is 1.27 bits per heavy atom. The summed E-state index contributed by atoms with van der Waals surface area (Å²) in [7, 11) is 0. The smallest absolute Gasteiger partial charge is 0.313 e. The molecule has 1 aliphatic carbocycles. The lowest BCUT2D eigenvalue weighted by atomic mass is 9.94. The first-order valence-electron chi connectivity index (χ1n) is 3.88. The van der Waals surface area contributed by atoms with Gasteiger partial charge in [0.25, 0.3) is 0 Å². The van der Waals surface area contributed by atoms with Crippen molar-refractivity contribution in [2.75, 3.05) is 0 Å². The van der Waals surface area contributed by atoms with Gasteiger partial charge in [0.2, 0.25) is 0 Å². The summed E-state index contributed by atoms with van der Waals surface area (Å²) in [4.78, 5) is 10.8. The Labute approximate surface area is 66.9 Å². The van der Waals surface area contributed by atoms with Crippen LogP contribution in [0.2, 0.25) is 0 Å². The average molecular weight is 154 g/mol. The van der Waals surface area contributed by atoms with Crippen LogP contribution >= 0.6 is 0 Å². The Balaban J connectivity index is 2.91. The van der Waals surface area contributed by atoms with Crippen molar-refractivity contribution in [3.63, 3.8) is 0 Å². The van der Waals surface area contributed by atoms with Crippen molar-refractivity contribution in [3.8, 4) is 0 Å². The van der Waals surface area contributed by atoms with Gasteiger partial charge in [0, 0.05) is 0 Å². The van der Waals surface area contributed by atoms with Gasteiger partial charge >= 0.3 is 5.97 Å². The third kappa shape index (κ3) is 1.17. The number of carboxylic acid groups (broad SMARTS) is 1. The minimum absolute atomic E-state index is 0.473. The van der Waals surface area contributed by atoms with E-state index in [4.69, 9.17) is 5.11 Å². The van der Waals surface area contributed by atoms with Crippen LogP contribution in [0.4, 0.5) is 0 Å². The van der Waals surface area contributed by atoms with Gasteiger partial charge in [0.15, 0.2) is 0 Å². The fourth-order valence-electron chi connectivity index (χ4n) is 1.35. The monoisotopic (exact) mass is 154 g/mol. The Kier molecular flexibility index (Phi) is 1.78. The molecule has 0 aromatic rings. The molecule has 0 aliphatic heterocycles. The molecule has 0 unspecified atom stereocenters. The van der Waals surface area contributed by atoms with Crippen LogP contribution in [0.25, 0.3) is 0 Å². The average Bonchev–Trinajstić information content (AvgIpc) is 2.65. The maximum atomic E-state index is 10.8. The first-order valence-corrected chi connectivity index (χ1v) is 3.88. The topological polar surface area (TPSA) is 37.3 Å². The maximum absolute atomic E-state index is 10.8. The normalized spacial score (nSPS) is 19.2. The summed E-state index contributed by atoms with van der Waals surface area (Å²) in [6, 6.07) is 0. The molecular weight excluding hydrogens is 140 g/mol. The molecule has 1 saturated carbocycles. The van der Waals surface area contributed by atoms with Gasteiger partial charge in [-0.15, -0.1) is 0 Å². The largest absolute Gasteiger partial charge is 0.481 e. The lowest BCUT2D eigenvalue weighted by Crippen LogP contribution is -2.16. The number of carboxylic acids is 1. The molecule has 2 nitrogen and oxygen atoms in total. The molecular formula is C9H14O2. The first kappa shape index (κ1) is 8.31. The number of allylic oxidation sites excluding steroid dienone is 1. The zero-order valence-electron chi connectivity index (χ0n) is 7.27. The molecule has 11 heavy (non-hydrogen) atoms. The third-order valence-electron chi connectivity index (χ3n) is 2.63. The van der Waals surface area contributed by atoms with Crippen molar-refractivity contribution in [3.05, 3.63) is 11.1 Å². The van der Waals surface area contributed by atoms with Crippen LogP contribution in [-0.2, 0) is 4.79 Å². The van der Waals surface area contributed by atoms with Gasteiger partial charge in [-0.05, 0) is 33.6 Å². The SMILES string of the molecule is CC(C)=C(C)C1(C(=O)O)CC1. The number of hydrogen-bond donors (Lipinski definition) is 1. The Morgan fingerprint density at radius 2 is 1.73 bits per heavy atom. The molecule has 0 aromatic carbocycles. The Bertz CT molecular complexity index is 218. The molecule has 1 rings (SSSR count). The molecule has 1 aliphatic rings. The fourth-order valence-corrected chi connectivity index (χ4v) is 1.35. The quantitative estimate of drug-likeness (QED) is 0.619. The van der Waals surface area contributed by atoms with Crippen molar-refractivity contribution < 1.29 is 9.90 Å². The second kappa shape index (κ2) is 2.36. The zero-order valence-corrected chi connectivity index (χ0v) is 7.27. The van der Waals surface area contributed by atoms with Crippen LogP contribution in [0.15, 0.2) is 11.1 Å². The summed E-state index contributed by atoms with van der Waals surface area (Å²) in [6.07, 6.45) is 1.64. The zero-order chi connectivity index (χ0) is 8.65. The van der Waals surface area contributed by atoms with Gasteiger partial charge in [-0.3, -0.25) is 4.79 Å². The molecule has 2 heteroatoms. The summed E-state index contributed by atoms with van der Waals surface area (Å²) in [5, 5.41) is 8.89. The van der Waals surface area contributed by atoms with E-state index in [0.29, 0.717) is 0 Å². The van der Waals surface area contributed by atoms with E-state index in [2.05, 4.69) is 0 Å². The predicted octanol–water partition coefficient (Wildman–Crippen LogP) is 2.21. The van der Waals surface area contributed by atoms with E-state index in [1.165, 1.54) is 0 Å². The van der Waals surface area contributed by atoms with Gasteiger partial charge in [-0.25, -0.2) is 0 Å². The highest BCUT2D eigenvalue weighted by Crippen LogP contribution is 2.52. The van der Waals surface area contributed by atoms with E-state index >= 15 is 0 Å². The molecule has 0 aromatic heterocycles. The van der Waals surface area contributed by atoms with E-state index in [0.717, 1.165) is 24.0 Å². The van der Waals surface area contributed by atoms with E-state index in [9.17, 15) is 4.79 Å². The second-order valence-electron chi connectivity index (χ2n) is 3.51. The molecule has 0 heterocycles. The van der Waals surface area contributed by atoms with Crippen LogP contribution in [0.5, 0.6) is 0 Å². The van der Waals surface area contributed by atoms with Crippen LogP contribution < -0.4 is 0 Å².